The number of amides is 4. The number of morpholine rings is 1. The number of benzene rings is 2. The number of anilines is 1. The summed E-state index contributed by atoms with van der Waals surface area (Å²) in [4.78, 5) is 71.6. The smallest absolute Gasteiger partial charge is 0.260 e. The summed E-state index contributed by atoms with van der Waals surface area (Å²) in [6, 6.07) is 8.03. The van der Waals surface area contributed by atoms with Gasteiger partial charge in [-0.1, -0.05) is 45.0 Å². The Hall–Kier alpha value is -5.08. The number of thiazole rings is 2. The summed E-state index contributed by atoms with van der Waals surface area (Å²) in [6.07, 6.45) is -0.748. The maximum Gasteiger partial charge on any atom is 0.260 e. The standard InChI is InChI=1S/C45H56F2N8O7S2/c1-27(29-6-8-30(9-7-29)40-28(2)48-26-64-40)49-42(59)35-22-31(56)23-55(35)43(60)41(45(3,4)5)51-36(57)12-13-52-14-16-53(17-15-52)37(58)24-62-39-32(10-11-33(46)38(39)47)34-25-63-44(50-34)54-18-20-61-21-19-54/h6-11,25-27,31,35,41,56H,12-24H2,1-5H3,(H,49,59)(H,51,57)/t27-,31+,35-,41+/m0/s1. The topological polar surface area (TPSA) is 170 Å². The molecule has 3 fully saturated rings. The van der Waals surface area contributed by atoms with Gasteiger partial charge in [0, 0.05) is 76.1 Å². The number of hydrogen-bond donors (Lipinski definition) is 3. The number of β-amino-alcohol motifs (C(OH)–C–C–N with tert-alkyl or cyclic N) is 1. The van der Waals surface area contributed by atoms with Crippen molar-refractivity contribution < 1.29 is 42.5 Å². The molecule has 4 amide bonds. The molecule has 15 nitrogen and oxygen atoms in total. The highest BCUT2D eigenvalue weighted by Gasteiger charge is 2.45. The number of carbonyl (C=O) groups excluding carboxylic acids is 4. The van der Waals surface area contributed by atoms with Gasteiger partial charge >= 0.3 is 0 Å². The summed E-state index contributed by atoms with van der Waals surface area (Å²) in [5.41, 5.74) is 4.62. The second-order valence-corrected chi connectivity index (χ2v) is 19.2. The third-order valence-electron chi connectivity index (χ3n) is 11.9. The first-order valence-corrected chi connectivity index (χ1v) is 23.3. The lowest BCUT2D eigenvalue weighted by atomic mass is 9.85. The fourth-order valence-corrected chi connectivity index (χ4v) is 9.81. The molecule has 2 aromatic carbocycles. The molecule has 0 bridgehead atoms. The minimum Gasteiger partial charge on any atom is -0.480 e. The number of piperazine rings is 1. The summed E-state index contributed by atoms with van der Waals surface area (Å²) >= 11 is 2.94. The van der Waals surface area contributed by atoms with Crippen LogP contribution in [0, 0.1) is 24.0 Å². The molecule has 344 valence electrons. The molecule has 3 aliphatic rings. The molecule has 3 N–H and O–H groups in total. The fourth-order valence-electron chi connectivity index (χ4n) is 8.12. The van der Waals surface area contributed by atoms with E-state index in [2.05, 4.69) is 25.5 Å². The molecule has 0 radical (unpaired) electrons. The molecular weight excluding hydrogens is 867 g/mol. The van der Waals surface area contributed by atoms with Crippen LogP contribution in [0.3, 0.4) is 0 Å². The number of aliphatic hydroxyl groups is 1. The van der Waals surface area contributed by atoms with Crippen LogP contribution in [0.4, 0.5) is 13.9 Å². The molecule has 2 aromatic heterocycles. The molecule has 64 heavy (non-hydrogen) atoms. The molecule has 0 spiro atoms. The van der Waals surface area contributed by atoms with Crippen LogP contribution in [-0.2, 0) is 23.9 Å². The SMILES string of the molecule is Cc1ncsc1-c1ccc([C@H](C)NC(=O)[C@@H]2C[C@@H](O)CN2C(=O)[C@@H](NC(=O)CCN2CCN(C(=O)COc3c(-c4csc(N5CCOCC5)n4)ccc(F)c3F)CC2)C(C)(C)C)cc1. The predicted molar refractivity (Wildman–Crippen MR) is 240 cm³/mol. The van der Waals surface area contributed by atoms with Crippen LogP contribution in [0.2, 0.25) is 0 Å². The van der Waals surface area contributed by atoms with Gasteiger partial charge < -0.3 is 39.9 Å². The number of aliphatic hydroxyl groups excluding tert-OH is 1. The van der Waals surface area contributed by atoms with Crippen molar-refractivity contribution >= 4 is 51.4 Å². The minimum atomic E-state index is -1.20. The van der Waals surface area contributed by atoms with Gasteiger partial charge in [-0.25, -0.2) is 14.4 Å². The number of hydrogen-bond acceptors (Lipinski definition) is 13. The van der Waals surface area contributed by atoms with Gasteiger partial charge in [-0.05, 0) is 42.5 Å². The molecular formula is C45H56F2N8O7S2. The van der Waals surface area contributed by atoms with Gasteiger partial charge in [0.25, 0.3) is 5.91 Å². The molecule has 7 rings (SSSR count). The van der Waals surface area contributed by atoms with Crippen molar-refractivity contribution in [2.75, 3.05) is 77.1 Å². The molecule has 0 saturated carbocycles. The van der Waals surface area contributed by atoms with Gasteiger partial charge in [0.1, 0.15) is 12.1 Å². The second kappa shape index (κ2) is 20.4. The molecule has 5 heterocycles. The van der Waals surface area contributed by atoms with Gasteiger partial charge in [0.15, 0.2) is 23.3 Å². The Labute approximate surface area is 379 Å². The van der Waals surface area contributed by atoms with E-state index in [4.69, 9.17) is 9.47 Å². The number of aryl methyl sites for hydroxylation is 1. The largest absolute Gasteiger partial charge is 0.480 e. The Morgan fingerprint density at radius 3 is 2.38 bits per heavy atom. The highest BCUT2D eigenvalue weighted by atomic mass is 32.1. The Kier molecular flexibility index (Phi) is 14.9. The lowest BCUT2D eigenvalue weighted by Gasteiger charge is -2.36. The molecule has 19 heteroatoms. The van der Waals surface area contributed by atoms with Crippen molar-refractivity contribution in [2.24, 2.45) is 5.41 Å². The average Bonchev–Trinajstić information content (AvgIpc) is 4.05. The van der Waals surface area contributed by atoms with Crippen LogP contribution in [0.5, 0.6) is 5.75 Å². The third kappa shape index (κ3) is 11.0. The zero-order chi connectivity index (χ0) is 45.7. The highest BCUT2D eigenvalue weighted by molar-refractivity contribution is 7.14. The molecule has 4 aromatic rings. The van der Waals surface area contributed by atoms with Crippen LogP contribution in [0.1, 0.15) is 57.8 Å². The van der Waals surface area contributed by atoms with E-state index in [9.17, 15) is 28.7 Å². The average molecular weight is 923 g/mol. The quantitative estimate of drug-likeness (QED) is 0.161. The molecule has 4 atom stereocenters. The monoisotopic (exact) mass is 922 g/mol. The Morgan fingerprint density at radius 2 is 1.70 bits per heavy atom. The summed E-state index contributed by atoms with van der Waals surface area (Å²) in [6.45, 7) is 13.2. The lowest BCUT2D eigenvalue weighted by Crippen LogP contribution is -2.58. The summed E-state index contributed by atoms with van der Waals surface area (Å²) in [5.74, 6) is -4.25. The van der Waals surface area contributed by atoms with Crippen molar-refractivity contribution in [1.82, 2.24) is 35.3 Å². The predicted octanol–water partition coefficient (Wildman–Crippen LogP) is 4.64. The normalized spacial score (nSPS) is 19.3. The summed E-state index contributed by atoms with van der Waals surface area (Å²) < 4.78 is 40.6. The number of ether oxygens (including phenoxy) is 2. The first kappa shape index (κ1) is 46.9. The molecule has 0 unspecified atom stereocenters. The van der Waals surface area contributed by atoms with Crippen molar-refractivity contribution in [2.45, 2.75) is 71.7 Å². The van der Waals surface area contributed by atoms with Crippen LogP contribution in [0.25, 0.3) is 21.7 Å². The Morgan fingerprint density at radius 1 is 0.984 bits per heavy atom. The zero-order valence-corrected chi connectivity index (χ0v) is 38.4. The zero-order valence-electron chi connectivity index (χ0n) is 36.8. The van der Waals surface area contributed by atoms with E-state index in [1.807, 2.05) is 63.8 Å². The number of rotatable bonds is 14. The number of halogens is 2. The number of aromatic nitrogens is 2. The van der Waals surface area contributed by atoms with Gasteiger partial charge in [-0.15, -0.1) is 22.7 Å². The van der Waals surface area contributed by atoms with E-state index in [0.717, 1.165) is 32.9 Å². The first-order valence-electron chi connectivity index (χ1n) is 21.6. The van der Waals surface area contributed by atoms with Crippen molar-refractivity contribution in [3.8, 4) is 27.4 Å². The summed E-state index contributed by atoms with van der Waals surface area (Å²) in [5, 5.41) is 19.1. The fraction of sp³-hybridized carbons (Fsp3) is 0.511. The number of nitrogens with zero attached hydrogens (tertiary/aromatic N) is 6. The maximum atomic E-state index is 15.1. The van der Waals surface area contributed by atoms with E-state index >= 15 is 4.39 Å². The summed E-state index contributed by atoms with van der Waals surface area (Å²) in [7, 11) is 0. The third-order valence-corrected chi connectivity index (χ3v) is 13.8. The van der Waals surface area contributed by atoms with Gasteiger partial charge in [0.2, 0.25) is 23.5 Å². The number of likely N-dealkylation sites (tertiary alicyclic amines) is 1. The van der Waals surface area contributed by atoms with Gasteiger partial charge in [0.05, 0.1) is 47.1 Å². The van der Waals surface area contributed by atoms with Crippen LogP contribution < -0.4 is 20.3 Å². The van der Waals surface area contributed by atoms with E-state index in [0.29, 0.717) is 64.7 Å². The van der Waals surface area contributed by atoms with Crippen LogP contribution in [0.15, 0.2) is 47.3 Å². The van der Waals surface area contributed by atoms with E-state index in [1.54, 1.807) is 27.1 Å². The van der Waals surface area contributed by atoms with Gasteiger partial charge in [-0.3, -0.25) is 24.1 Å². The Bertz CT molecular complexity index is 2290. The van der Waals surface area contributed by atoms with Crippen LogP contribution in [-0.4, -0.2) is 144 Å². The van der Waals surface area contributed by atoms with E-state index in [-0.39, 0.29) is 48.6 Å². The van der Waals surface area contributed by atoms with Crippen molar-refractivity contribution in [1.29, 1.82) is 0 Å². The maximum absolute atomic E-state index is 15.1. The second-order valence-electron chi connectivity index (χ2n) is 17.5. The number of nitrogens with one attached hydrogen (secondary N) is 2. The highest BCUT2D eigenvalue weighted by Crippen LogP contribution is 2.37. The van der Waals surface area contributed by atoms with Crippen molar-refractivity contribution in [3.05, 3.63) is 70.2 Å². The first-order chi connectivity index (χ1) is 30.6. The molecule has 3 saturated heterocycles. The van der Waals surface area contributed by atoms with Crippen LogP contribution >= 0.6 is 22.7 Å². The number of carbonyl (C=O) groups is 4. The molecule has 0 aliphatic carbocycles. The van der Waals surface area contributed by atoms with Crippen molar-refractivity contribution in [3.63, 3.8) is 0 Å². The Balaban J connectivity index is 0.885. The lowest BCUT2D eigenvalue weighted by molar-refractivity contribution is -0.144. The van der Waals surface area contributed by atoms with Gasteiger partial charge in [-0.2, -0.15) is 4.39 Å². The molecule has 3 aliphatic heterocycles. The minimum absolute atomic E-state index is 0.0367. The van der Waals surface area contributed by atoms with E-state index in [1.165, 1.54) is 22.3 Å². The van der Waals surface area contributed by atoms with E-state index < -0.39 is 53.7 Å².